The normalized spacial score (nSPS) is 14.7. The Morgan fingerprint density at radius 2 is 1.11 bits per heavy atom. The highest BCUT2D eigenvalue weighted by molar-refractivity contribution is 9.10. The van der Waals surface area contributed by atoms with Crippen molar-refractivity contribution in [1.29, 1.82) is 0 Å². The highest BCUT2D eigenvalue weighted by Crippen LogP contribution is 2.60. The standard InChI is InChI=1S/C25H16BrN/c26-16-13-14-22-24(15-16)27-23-12-6-5-11-21(23)25(22)19-9-3-1-7-17(19)18-8-2-4-10-20(18)25/h1-15,27H. The van der Waals surface area contributed by atoms with E-state index in [0.29, 0.717) is 0 Å². The first-order valence-corrected chi connectivity index (χ1v) is 9.95. The molecule has 1 heterocycles. The van der Waals surface area contributed by atoms with Gasteiger partial charge in [0.2, 0.25) is 0 Å². The molecule has 2 aliphatic rings. The Bertz CT molecular complexity index is 1180. The number of para-hydroxylation sites is 1. The molecule has 1 N–H and O–H groups in total. The third-order valence-corrected chi connectivity index (χ3v) is 6.43. The molecule has 4 aromatic carbocycles. The molecule has 0 unspecified atom stereocenters. The maximum Gasteiger partial charge on any atom is 0.0753 e. The summed E-state index contributed by atoms with van der Waals surface area (Å²) >= 11 is 3.65. The van der Waals surface area contributed by atoms with E-state index in [-0.39, 0.29) is 5.41 Å². The second-order valence-corrected chi connectivity index (χ2v) is 8.12. The van der Waals surface area contributed by atoms with E-state index in [1.165, 1.54) is 39.1 Å². The summed E-state index contributed by atoms with van der Waals surface area (Å²) in [7, 11) is 0. The molecule has 0 atom stereocenters. The first-order chi connectivity index (χ1) is 13.3. The van der Waals surface area contributed by atoms with Crippen molar-refractivity contribution < 1.29 is 0 Å². The van der Waals surface area contributed by atoms with Crippen LogP contribution in [0.3, 0.4) is 0 Å². The van der Waals surface area contributed by atoms with Crippen molar-refractivity contribution in [3.63, 3.8) is 0 Å². The van der Waals surface area contributed by atoms with Gasteiger partial charge in [-0.05, 0) is 51.6 Å². The van der Waals surface area contributed by atoms with E-state index in [1.807, 2.05) is 0 Å². The van der Waals surface area contributed by atoms with Crippen LogP contribution in [0.2, 0.25) is 0 Å². The van der Waals surface area contributed by atoms with Crippen molar-refractivity contribution in [2.75, 3.05) is 5.32 Å². The number of nitrogens with one attached hydrogen (secondary N) is 1. The molecule has 6 rings (SSSR count). The molecule has 0 fully saturated rings. The molecule has 1 aliphatic carbocycles. The van der Waals surface area contributed by atoms with Gasteiger partial charge in [0.05, 0.1) is 5.41 Å². The van der Waals surface area contributed by atoms with Crippen LogP contribution in [0.5, 0.6) is 0 Å². The molecule has 0 radical (unpaired) electrons. The van der Waals surface area contributed by atoms with Crippen molar-refractivity contribution in [3.8, 4) is 11.1 Å². The van der Waals surface area contributed by atoms with Crippen LogP contribution in [0.25, 0.3) is 11.1 Å². The highest BCUT2D eigenvalue weighted by atomic mass is 79.9. The van der Waals surface area contributed by atoms with Crippen molar-refractivity contribution in [1.82, 2.24) is 0 Å². The summed E-state index contributed by atoms with van der Waals surface area (Å²) in [6, 6.07) is 33.0. The van der Waals surface area contributed by atoms with E-state index >= 15 is 0 Å². The van der Waals surface area contributed by atoms with E-state index in [0.717, 1.165) is 10.2 Å². The van der Waals surface area contributed by atoms with E-state index < -0.39 is 0 Å². The minimum atomic E-state index is -0.287. The summed E-state index contributed by atoms with van der Waals surface area (Å²) < 4.78 is 1.09. The third-order valence-electron chi connectivity index (χ3n) is 5.94. The van der Waals surface area contributed by atoms with Gasteiger partial charge in [0.15, 0.2) is 0 Å². The number of hydrogen-bond donors (Lipinski definition) is 1. The molecule has 1 aliphatic heterocycles. The molecule has 0 saturated carbocycles. The molecule has 128 valence electrons. The lowest BCUT2D eigenvalue weighted by Crippen LogP contribution is -2.33. The first kappa shape index (κ1) is 15.2. The van der Waals surface area contributed by atoms with Gasteiger partial charge in [0.1, 0.15) is 0 Å². The second kappa shape index (κ2) is 5.34. The van der Waals surface area contributed by atoms with Crippen LogP contribution in [0.15, 0.2) is 95.5 Å². The van der Waals surface area contributed by atoms with Crippen LogP contribution in [0, 0.1) is 0 Å². The topological polar surface area (TPSA) is 12.0 Å². The number of hydrogen-bond acceptors (Lipinski definition) is 1. The van der Waals surface area contributed by atoms with Gasteiger partial charge in [-0.2, -0.15) is 0 Å². The molecule has 1 spiro atoms. The van der Waals surface area contributed by atoms with Gasteiger partial charge in [0, 0.05) is 15.8 Å². The maximum absolute atomic E-state index is 3.66. The van der Waals surface area contributed by atoms with Gasteiger partial charge >= 0.3 is 0 Å². The SMILES string of the molecule is Brc1ccc2c(c1)Nc1ccccc1C21c2ccccc2-c2ccccc21. The molecule has 0 saturated heterocycles. The number of fused-ring (bicyclic) bond motifs is 9. The summed E-state index contributed by atoms with van der Waals surface area (Å²) in [5, 5.41) is 3.66. The van der Waals surface area contributed by atoms with Crippen LogP contribution < -0.4 is 5.32 Å². The Morgan fingerprint density at radius 3 is 1.81 bits per heavy atom. The minimum absolute atomic E-state index is 0.287. The number of rotatable bonds is 0. The molecular formula is C25H16BrN. The van der Waals surface area contributed by atoms with Gasteiger partial charge < -0.3 is 5.32 Å². The zero-order valence-corrected chi connectivity index (χ0v) is 16.1. The fraction of sp³-hybridized carbons (Fsp3) is 0.0400. The Morgan fingerprint density at radius 1 is 0.556 bits per heavy atom. The number of anilines is 2. The Balaban J connectivity index is 1.85. The molecule has 0 bridgehead atoms. The smallest absolute Gasteiger partial charge is 0.0753 e. The molecule has 27 heavy (non-hydrogen) atoms. The Hall–Kier alpha value is -2.84. The zero-order chi connectivity index (χ0) is 18.0. The fourth-order valence-electron chi connectivity index (χ4n) is 4.97. The predicted molar refractivity (Wildman–Crippen MR) is 115 cm³/mol. The van der Waals surface area contributed by atoms with Gasteiger partial charge in [0.25, 0.3) is 0 Å². The lowest BCUT2D eigenvalue weighted by Gasteiger charge is -2.40. The average molecular weight is 410 g/mol. The van der Waals surface area contributed by atoms with Crippen LogP contribution in [0.1, 0.15) is 22.3 Å². The molecule has 0 aromatic heterocycles. The van der Waals surface area contributed by atoms with E-state index in [4.69, 9.17) is 0 Å². The summed E-state index contributed by atoms with van der Waals surface area (Å²) in [5.74, 6) is 0. The Labute approximate surface area is 166 Å². The van der Waals surface area contributed by atoms with E-state index in [1.54, 1.807) is 0 Å². The first-order valence-electron chi connectivity index (χ1n) is 9.16. The Kier molecular flexibility index (Phi) is 3.01. The lowest BCUT2D eigenvalue weighted by molar-refractivity contribution is 0.763. The quantitative estimate of drug-likeness (QED) is 0.288. The summed E-state index contributed by atoms with van der Waals surface area (Å²) in [5.41, 5.74) is 10.1. The minimum Gasteiger partial charge on any atom is -0.355 e. The summed E-state index contributed by atoms with van der Waals surface area (Å²) in [6.07, 6.45) is 0. The van der Waals surface area contributed by atoms with Crippen LogP contribution >= 0.6 is 15.9 Å². The van der Waals surface area contributed by atoms with Crippen LogP contribution in [0.4, 0.5) is 11.4 Å². The largest absolute Gasteiger partial charge is 0.355 e. The molecular weight excluding hydrogens is 394 g/mol. The fourth-order valence-corrected chi connectivity index (χ4v) is 5.33. The van der Waals surface area contributed by atoms with Crippen LogP contribution in [-0.2, 0) is 5.41 Å². The number of halogens is 1. The zero-order valence-electron chi connectivity index (χ0n) is 14.5. The van der Waals surface area contributed by atoms with Crippen LogP contribution in [-0.4, -0.2) is 0 Å². The predicted octanol–water partition coefficient (Wildman–Crippen LogP) is 6.87. The van der Waals surface area contributed by atoms with Gasteiger partial charge in [-0.3, -0.25) is 0 Å². The molecule has 4 aromatic rings. The van der Waals surface area contributed by atoms with Gasteiger partial charge in [-0.15, -0.1) is 0 Å². The lowest BCUT2D eigenvalue weighted by atomic mass is 9.65. The number of benzene rings is 4. The highest BCUT2D eigenvalue weighted by Gasteiger charge is 2.49. The van der Waals surface area contributed by atoms with E-state index in [9.17, 15) is 0 Å². The van der Waals surface area contributed by atoms with Crippen molar-refractivity contribution in [2.24, 2.45) is 0 Å². The maximum atomic E-state index is 3.66. The summed E-state index contributed by atoms with van der Waals surface area (Å²) in [4.78, 5) is 0. The average Bonchev–Trinajstić information content (AvgIpc) is 3.00. The van der Waals surface area contributed by atoms with E-state index in [2.05, 4.69) is 112 Å². The molecule has 2 heteroatoms. The second-order valence-electron chi connectivity index (χ2n) is 7.20. The molecule has 1 nitrogen and oxygen atoms in total. The molecule has 0 amide bonds. The van der Waals surface area contributed by atoms with Gasteiger partial charge in [-0.1, -0.05) is 88.7 Å². The van der Waals surface area contributed by atoms with Crippen molar-refractivity contribution in [3.05, 3.63) is 118 Å². The van der Waals surface area contributed by atoms with Gasteiger partial charge in [-0.25, -0.2) is 0 Å². The van der Waals surface area contributed by atoms with Crippen molar-refractivity contribution >= 4 is 27.3 Å². The van der Waals surface area contributed by atoms with Crippen molar-refractivity contribution in [2.45, 2.75) is 5.41 Å². The monoisotopic (exact) mass is 409 g/mol. The summed E-state index contributed by atoms with van der Waals surface area (Å²) in [6.45, 7) is 0. The third kappa shape index (κ3) is 1.84.